The summed E-state index contributed by atoms with van der Waals surface area (Å²) in [5.41, 5.74) is 0.352. The molecule has 0 bridgehead atoms. The van der Waals surface area contributed by atoms with Gasteiger partial charge in [0.05, 0.1) is 0 Å². The van der Waals surface area contributed by atoms with Crippen molar-refractivity contribution < 1.29 is 5.11 Å². The summed E-state index contributed by atoms with van der Waals surface area (Å²) in [4.78, 5) is 0. The largest absolute Gasteiger partial charge is 0.396 e. The van der Waals surface area contributed by atoms with Gasteiger partial charge in [-0.05, 0) is 18.3 Å². The predicted octanol–water partition coefficient (Wildman–Crippen LogP) is 2.59. The summed E-state index contributed by atoms with van der Waals surface area (Å²) in [6.45, 7) is 6.98. The molecule has 62 valence electrons. The van der Waals surface area contributed by atoms with Crippen LogP contribution in [-0.4, -0.2) is 11.7 Å². The lowest BCUT2D eigenvalue weighted by Crippen LogP contribution is -2.12. The minimum Gasteiger partial charge on any atom is -0.396 e. The maximum absolute atomic E-state index is 8.70. The first-order valence-electron chi connectivity index (χ1n) is 4.23. The van der Waals surface area contributed by atoms with Gasteiger partial charge < -0.3 is 5.11 Å². The maximum Gasteiger partial charge on any atom is 0.0436 e. The van der Waals surface area contributed by atoms with Crippen molar-refractivity contribution in [2.45, 2.75) is 46.5 Å². The smallest absolute Gasteiger partial charge is 0.0436 e. The van der Waals surface area contributed by atoms with Crippen molar-refractivity contribution in [1.82, 2.24) is 0 Å². The first-order chi connectivity index (χ1) is 4.62. The molecule has 0 aliphatic heterocycles. The summed E-state index contributed by atoms with van der Waals surface area (Å²) >= 11 is 0. The molecule has 0 aliphatic carbocycles. The average molecular weight is 144 g/mol. The zero-order valence-electron chi connectivity index (χ0n) is 7.48. The Hall–Kier alpha value is -0.0400. The Morgan fingerprint density at radius 2 is 1.80 bits per heavy atom. The fraction of sp³-hybridized carbons (Fsp3) is 1.00. The fourth-order valence-corrected chi connectivity index (χ4v) is 1.08. The topological polar surface area (TPSA) is 20.2 Å². The second-order valence-corrected chi connectivity index (χ2v) is 3.74. The molecular formula is C9H20O. The van der Waals surface area contributed by atoms with Crippen molar-refractivity contribution >= 4 is 0 Å². The van der Waals surface area contributed by atoms with Crippen molar-refractivity contribution in [2.75, 3.05) is 6.61 Å². The van der Waals surface area contributed by atoms with Gasteiger partial charge in [0.1, 0.15) is 0 Å². The van der Waals surface area contributed by atoms with E-state index in [1.54, 1.807) is 0 Å². The third-order valence-corrected chi connectivity index (χ3v) is 2.00. The van der Waals surface area contributed by atoms with Crippen molar-refractivity contribution in [2.24, 2.45) is 5.41 Å². The van der Waals surface area contributed by atoms with E-state index < -0.39 is 0 Å². The molecule has 0 aromatic heterocycles. The van der Waals surface area contributed by atoms with Crippen LogP contribution < -0.4 is 0 Å². The van der Waals surface area contributed by atoms with E-state index in [1.807, 2.05) is 0 Å². The molecule has 0 saturated carbocycles. The summed E-state index contributed by atoms with van der Waals surface area (Å²) in [5, 5.41) is 8.70. The van der Waals surface area contributed by atoms with Crippen molar-refractivity contribution in [3.05, 3.63) is 0 Å². The SMILES string of the molecule is CCCCC(C)(C)CCO. The van der Waals surface area contributed by atoms with E-state index in [9.17, 15) is 0 Å². The first kappa shape index (κ1) is 9.96. The molecule has 0 spiro atoms. The Kier molecular flexibility index (Phi) is 4.71. The van der Waals surface area contributed by atoms with Crippen LogP contribution in [0.4, 0.5) is 0 Å². The second-order valence-electron chi connectivity index (χ2n) is 3.74. The van der Waals surface area contributed by atoms with Gasteiger partial charge in [0.15, 0.2) is 0 Å². The van der Waals surface area contributed by atoms with E-state index in [4.69, 9.17) is 5.11 Å². The van der Waals surface area contributed by atoms with Gasteiger partial charge in [-0.15, -0.1) is 0 Å². The van der Waals surface area contributed by atoms with Crippen LogP contribution >= 0.6 is 0 Å². The van der Waals surface area contributed by atoms with Crippen molar-refractivity contribution in [1.29, 1.82) is 0 Å². The molecule has 0 saturated heterocycles. The number of hydrogen-bond acceptors (Lipinski definition) is 1. The molecule has 0 heterocycles. The lowest BCUT2D eigenvalue weighted by Gasteiger charge is -2.22. The lowest BCUT2D eigenvalue weighted by atomic mass is 9.84. The molecule has 1 nitrogen and oxygen atoms in total. The zero-order chi connectivity index (χ0) is 8.04. The highest BCUT2D eigenvalue weighted by Gasteiger charge is 2.15. The van der Waals surface area contributed by atoms with Crippen LogP contribution in [0.15, 0.2) is 0 Å². The van der Waals surface area contributed by atoms with Gasteiger partial charge in [0.2, 0.25) is 0 Å². The van der Waals surface area contributed by atoms with Gasteiger partial charge in [-0.2, -0.15) is 0 Å². The standard InChI is InChI=1S/C9H20O/c1-4-5-6-9(2,3)7-8-10/h10H,4-8H2,1-3H3. The molecule has 10 heavy (non-hydrogen) atoms. The van der Waals surface area contributed by atoms with Crippen LogP contribution in [-0.2, 0) is 0 Å². The Labute approximate surface area is 64.5 Å². The van der Waals surface area contributed by atoms with Crippen molar-refractivity contribution in [3.63, 3.8) is 0 Å². The molecular weight excluding hydrogens is 124 g/mol. The van der Waals surface area contributed by atoms with Crippen LogP contribution in [0.5, 0.6) is 0 Å². The quantitative estimate of drug-likeness (QED) is 0.628. The van der Waals surface area contributed by atoms with Crippen LogP contribution in [0.25, 0.3) is 0 Å². The molecule has 0 fully saturated rings. The van der Waals surface area contributed by atoms with E-state index in [0.717, 1.165) is 6.42 Å². The second kappa shape index (κ2) is 4.73. The highest BCUT2D eigenvalue weighted by atomic mass is 16.3. The molecule has 0 radical (unpaired) electrons. The van der Waals surface area contributed by atoms with Crippen LogP contribution in [0.3, 0.4) is 0 Å². The molecule has 0 rings (SSSR count). The van der Waals surface area contributed by atoms with E-state index >= 15 is 0 Å². The third kappa shape index (κ3) is 4.80. The normalized spacial score (nSPS) is 12.0. The minimum atomic E-state index is 0.330. The molecule has 0 aromatic rings. The Bertz CT molecular complexity index is 76.8. The maximum atomic E-state index is 8.70. The highest BCUT2D eigenvalue weighted by Crippen LogP contribution is 2.26. The van der Waals surface area contributed by atoms with Gasteiger partial charge in [-0.3, -0.25) is 0 Å². The van der Waals surface area contributed by atoms with Gasteiger partial charge >= 0.3 is 0 Å². The van der Waals surface area contributed by atoms with E-state index in [0.29, 0.717) is 12.0 Å². The number of rotatable bonds is 5. The van der Waals surface area contributed by atoms with Crippen LogP contribution in [0, 0.1) is 5.41 Å². The fourth-order valence-electron chi connectivity index (χ4n) is 1.08. The summed E-state index contributed by atoms with van der Waals surface area (Å²) in [6, 6.07) is 0. The van der Waals surface area contributed by atoms with E-state index in [1.165, 1.54) is 19.3 Å². The van der Waals surface area contributed by atoms with Crippen LogP contribution in [0.1, 0.15) is 46.5 Å². The van der Waals surface area contributed by atoms with Crippen molar-refractivity contribution in [3.8, 4) is 0 Å². The van der Waals surface area contributed by atoms with Gasteiger partial charge in [0.25, 0.3) is 0 Å². The summed E-state index contributed by atoms with van der Waals surface area (Å²) in [7, 11) is 0. The monoisotopic (exact) mass is 144 g/mol. The molecule has 1 heteroatoms. The molecule has 0 amide bonds. The number of unbranched alkanes of at least 4 members (excludes halogenated alkanes) is 1. The molecule has 1 N–H and O–H groups in total. The average Bonchev–Trinajstić information content (AvgIpc) is 1.84. The third-order valence-electron chi connectivity index (χ3n) is 2.00. The highest BCUT2D eigenvalue weighted by molar-refractivity contribution is 4.67. The predicted molar refractivity (Wildman–Crippen MR) is 45.0 cm³/mol. The van der Waals surface area contributed by atoms with Gasteiger partial charge in [0, 0.05) is 6.61 Å². The number of hydrogen-bond donors (Lipinski definition) is 1. The van der Waals surface area contributed by atoms with Gasteiger partial charge in [-0.1, -0.05) is 33.6 Å². The Morgan fingerprint density at radius 3 is 2.20 bits per heavy atom. The van der Waals surface area contributed by atoms with Crippen LogP contribution in [0.2, 0.25) is 0 Å². The van der Waals surface area contributed by atoms with E-state index in [2.05, 4.69) is 20.8 Å². The number of aliphatic hydroxyl groups is 1. The Balaban J connectivity index is 3.42. The Morgan fingerprint density at radius 1 is 1.20 bits per heavy atom. The first-order valence-corrected chi connectivity index (χ1v) is 4.23. The summed E-state index contributed by atoms with van der Waals surface area (Å²) < 4.78 is 0. The lowest BCUT2D eigenvalue weighted by molar-refractivity contribution is 0.199. The summed E-state index contributed by atoms with van der Waals surface area (Å²) in [6.07, 6.45) is 4.72. The van der Waals surface area contributed by atoms with E-state index in [-0.39, 0.29) is 0 Å². The molecule has 0 aliphatic rings. The van der Waals surface area contributed by atoms with Gasteiger partial charge in [-0.25, -0.2) is 0 Å². The molecule has 0 aromatic carbocycles. The minimum absolute atomic E-state index is 0.330. The molecule has 0 unspecified atom stereocenters. The zero-order valence-corrected chi connectivity index (χ0v) is 7.48. The number of aliphatic hydroxyl groups excluding tert-OH is 1. The summed E-state index contributed by atoms with van der Waals surface area (Å²) in [5.74, 6) is 0. The molecule has 0 atom stereocenters.